The molecule has 0 bridgehead atoms. The number of carbonyl (C=O) groups excluding carboxylic acids is 2. The van der Waals surface area contributed by atoms with E-state index in [2.05, 4.69) is 20.7 Å². The van der Waals surface area contributed by atoms with Gasteiger partial charge in [0.05, 0.1) is 10.4 Å². The van der Waals surface area contributed by atoms with E-state index in [-0.39, 0.29) is 18.7 Å². The standard InChI is InChI=1S/C26H24F4N6O2S/c1-2-5-21(25(38)31-15-17-9-11-19(27)12-10-17)36(20-7-3-6-18(14-20)26(28,29)30)23(37)16-35-33-24(32-34-35)22-8-4-13-39-22/h3-4,6-14,21H,2,5,15-16H2,1H3,(H,31,38)/t21-/m1/s1. The number of rotatable bonds is 10. The summed E-state index contributed by atoms with van der Waals surface area (Å²) in [5.41, 5.74) is -0.438. The van der Waals surface area contributed by atoms with E-state index in [1.54, 1.807) is 19.1 Å². The second-order valence-electron chi connectivity index (χ2n) is 8.58. The summed E-state index contributed by atoms with van der Waals surface area (Å²) < 4.78 is 53.8. The maximum absolute atomic E-state index is 13.6. The molecule has 13 heteroatoms. The fourth-order valence-electron chi connectivity index (χ4n) is 3.90. The summed E-state index contributed by atoms with van der Waals surface area (Å²) in [5, 5.41) is 16.6. The van der Waals surface area contributed by atoms with E-state index in [4.69, 9.17) is 0 Å². The van der Waals surface area contributed by atoms with Crippen LogP contribution >= 0.6 is 11.3 Å². The fourth-order valence-corrected chi connectivity index (χ4v) is 4.55. The number of tetrazole rings is 1. The minimum atomic E-state index is -4.65. The number of amides is 2. The third-order valence-corrected chi connectivity index (χ3v) is 6.61. The van der Waals surface area contributed by atoms with Crippen molar-refractivity contribution in [2.75, 3.05) is 4.90 Å². The van der Waals surface area contributed by atoms with Crippen LogP contribution in [0.5, 0.6) is 0 Å². The number of aromatic nitrogens is 4. The Morgan fingerprint density at radius 1 is 1.10 bits per heavy atom. The normalized spacial score (nSPS) is 12.2. The summed E-state index contributed by atoms with van der Waals surface area (Å²) >= 11 is 1.38. The van der Waals surface area contributed by atoms with Gasteiger partial charge in [-0.05, 0) is 59.0 Å². The van der Waals surface area contributed by atoms with Gasteiger partial charge in [-0.1, -0.05) is 37.6 Å². The third-order valence-electron chi connectivity index (χ3n) is 5.75. The van der Waals surface area contributed by atoms with E-state index < -0.39 is 42.0 Å². The third kappa shape index (κ3) is 7.05. The number of nitrogens with zero attached hydrogens (tertiary/aromatic N) is 5. The summed E-state index contributed by atoms with van der Waals surface area (Å²) in [6.45, 7) is 1.38. The highest BCUT2D eigenvalue weighted by Crippen LogP contribution is 2.33. The number of halogens is 4. The van der Waals surface area contributed by atoms with Gasteiger partial charge in [-0.3, -0.25) is 14.5 Å². The largest absolute Gasteiger partial charge is 0.416 e. The van der Waals surface area contributed by atoms with Crippen molar-refractivity contribution in [3.8, 4) is 10.7 Å². The number of thiophene rings is 1. The lowest BCUT2D eigenvalue weighted by molar-refractivity contribution is -0.137. The molecule has 0 aliphatic rings. The van der Waals surface area contributed by atoms with Gasteiger partial charge in [-0.2, -0.15) is 18.0 Å². The van der Waals surface area contributed by atoms with Gasteiger partial charge < -0.3 is 5.32 Å². The van der Waals surface area contributed by atoms with Crippen molar-refractivity contribution in [1.29, 1.82) is 0 Å². The van der Waals surface area contributed by atoms with Gasteiger partial charge in [0.25, 0.3) is 5.91 Å². The zero-order valence-corrected chi connectivity index (χ0v) is 21.5. The van der Waals surface area contributed by atoms with Gasteiger partial charge >= 0.3 is 6.18 Å². The van der Waals surface area contributed by atoms with Gasteiger partial charge in [0, 0.05) is 12.2 Å². The molecule has 0 radical (unpaired) electrons. The molecular formula is C26H24F4N6O2S. The second kappa shape index (κ2) is 12.2. The Labute approximate surface area is 225 Å². The van der Waals surface area contributed by atoms with E-state index in [0.717, 1.165) is 26.7 Å². The molecule has 39 heavy (non-hydrogen) atoms. The fraction of sp³-hybridized carbons (Fsp3) is 0.269. The van der Waals surface area contributed by atoms with E-state index in [1.165, 1.54) is 47.7 Å². The maximum Gasteiger partial charge on any atom is 0.416 e. The van der Waals surface area contributed by atoms with Crippen molar-refractivity contribution in [2.24, 2.45) is 0 Å². The highest BCUT2D eigenvalue weighted by Gasteiger charge is 2.35. The number of alkyl halides is 3. The summed E-state index contributed by atoms with van der Waals surface area (Å²) in [7, 11) is 0. The zero-order chi connectivity index (χ0) is 28.0. The molecule has 0 saturated heterocycles. The van der Waals surface area contributed by atoms with Crippen LogP contribution in [0.15, 0.2) is 66.0 Å². The molecule has 0 aliphatic carbocycles. The van der Waals surface area contributed by atoms with Crippen LogP contribution < -0.4 is 10.2 Å². The zero-order valence-electron chi connectivity index (χ0n) is 20.7. The predicted molar refractivity (Wildman–Crippen MR) is 137 cm³/mol. The minimum absolute atomic E-state index is 0.0404. The molecule has 0 unspecified atom stereocenters. The number of nitrogens with one attached hydrogen (secondary N) is 1. The number of anilines is 1. The lowest BCUT2D eigenvalue weighted by Gasteiger charge is -2.31. The molecule has 0 spiro atoms. The molecule has 1 atom stereocenters. The van der Waals surface area contributed by atoms with Crippen LogP contribution in [0.4, 0.5) is 23.2 Å². The van der Waals surface area contributed by atoms with Gasteiger partial charge in [0.2, 0.25) is 11.7 Å². The van der Waals surface area contributed by atoms with Gasteiger partial charge in [0.1, 0.15) is 18.4 Å². The monoisotopic (exact) mass is 560 g/mol. The van der Waals surface area contributed by atoms with E-state index in [0.29, 0.717) is 17.8 Å². The average Bonchev–Trinajstić information content (AvgIpc) is 3.60. The molecule has 8 nitrogen and oxygen atoms in total. The van der Waals surface area contributed by atoms with Crippen LogP contribution in [0.25, 0.3) is 10.7 Å². The van der Waals surface area contributed by atoms with E-state index in [9.17, 15) is 27.2 Å². The molecule has 204 valence electrons. The molecule has 0 aliphatic heterocycles. The van der Waals surface area contributed by atoms with Crippen molar-refractivity contribution >= 4 is 28.8 Å². The molecule has 0 saturated carbocycles. The molecule has 4 aromatic rings. The summed E-state index contributed by atoms with van der Waals surface area (Å²) in [5.74, 6) is -1.40. The Balaban J connectivity index is 1.64. The van der Waals surface area contributed by atoms with Crippen molar-refractivity contribution in [2.45, 2.75) is 45.1 Å². The van der Waals surface area contributed by atoms with E-state index >= 15 is 0 Å². The van der Waals surface area contributed by atoms with Crippen molar-refractivity contribution in [3.05, 3.63) is 83.0 Å². The Kier molecular flexibility index (Phi) is 8.69. The molecule has 1 N–H and O–H groups in total. The van der Waals surface area contributed by atoms with Crippen LogP contribution in [0.2, 0.25) is 0 Å². The van der Waals surface area contributed by atoms with Crippen molar-refractivity contribution < 1.29 is 27.2 Å². The van der Waals surface area contributed by atoms with Crippen LogP contribution in [-0.4, -0.2) is 38.1 Å². The lowest BCUT2D eigenvalue weighted by atomic mass is 10.1. The first kappa shape index (κ1) is 27.9. The summed E-state index contributed by atoms with van der Waals surface area (Å²) in [6.07, 6.45) is -4.02. The molecule has 0 fully saturated rings. The molecule has 2 heterocycles. The number of benzene rings is 2. The number of hydrogen-bond donors (Lipinski definition) is 1. The average molecular weight is 561 g/mol. The molecule has 4 rings (SSSR count). The maximum atomic E-state index is 13.6. The Morgan fingerprint density at radius 2 is 1.87 bits per heavy atom. The summed E-state index contributed by atoms with van der Waals surface area (Å²) in [4.78, 5) is 29.8. The van der Waals surface area contributed by atoms with E-state index in [1.807, 2.05) is 5.38 Å². The first-order valence-electron chi connectivity index (χ1n) is 12.0. The smallest absolute Gasteiger partial charge is 0.350 e. The minimum Gasteiger partial charge on any atom is -0.350 e. The quantitative estimate of drug-likeness (QED) is 0.273. The molecular weight excluding hydrogens is 536 g/mol. The first-order valence-corrected chi connectivity index (χ1v) is 12.9. The van der Waals surface area contributed by atoms with Crippen LogP contribution in [-0.2, 0) is 28.9 Å². The van der Waals surface area contributed by atoms with Crippen LogP contribution in [0.3, 0.4) is 0 Å². The molecule has 2 aromatic carbocycles. The highest BCUT2D eigenvalue weighted by atomic mass is 32.1. The Hall–Kier alpha value is -4.13. The van der Waals surface area contributed by atoms with Crippen LogP contribution in [0.1, 0.15) is 30.9 Å². The Bertz CT molecular complexity index is 1410. The molecule has 2 aromatic heterocycles. The summed E-state index contributed by atoms with van der Waals surface area (Å²) in [6, 6.07) is 12.2. The second-order valence-corrected chi connectivity index (χ2v) is 9.53. The van der Waals surface area contributed by atoms with Crippen molar-refractivity contribution in [1.82, 2.24) is 25.5 Å². The first-order chi connectivity index (χ1) is 18.7. The highest BCUT2D eigenvalue weighted by molar-refractivity contribution is 7.13. The van der Waals surface area contributed by atoms with Crippen LogP contribution in [0, 0.1) is 5.82 Å². The van der Waals surface area contributed by atoms with Gasteiger partial charge in [-0.15, -0.1) is 21.5 Å². The lowest BCUT2D eigenvalue weighted by Crippen LogP contribution is -2.51. The topological polar surface area (TPSA) is 93.0 Å². The van der Waals surface area contributed by atoms with Gasteiger partial charge in [-0.25, -0.2) is 4.39 Å². The number of hydrogen-bond acceptors (Lipinski definition) is 6. The molecule has 2 amide bonds. The predicted octanol–water partition coefficient (Wildman–Crippen LogP) is 5.08. The SMILES string of the molecule is CCC[C@H](C(=O)NCc1ccc(F)cc1)N(C(=O)Cn1nnc(-c2cccs2)n1)c1cccc(C(F)(F)F)c1. The Morgan fingerprint density at radius 3 is 2.54 bits per heavy atom. The van der Waals surface area contributed by atoms with Gasteiger partial charge in [0.15, 0.2) is 0 Å². The van der Waals surface area contributed by atoms with Crippen molar-refractivity contribution in [3.63, 3.8) is 0 Å². The number of carbonyl (C=O) groups is 2.